The fourth-order valence-electron chi connectivity index (χ4n) is 3.53. The topological polar surface area (TPSA) is 77.6 Å². The summed E-state index contributed by atoms with van der Waals surface area (Å²) in [6.07, 6.45) is 3.65. The Morgan fingerprint density at radius 1 is 1.21 bits per heavy atom. The third-order valence-corrected chi connectivity index (χ3v) is 4.89. The molecule has 0 saturated carbocycles. The zero-order valence-corrected chi connectivity index (χ0v) is 17.0. The largest absolute Gasteiger partial charge is 0.348 e. The van der Waals surface area contributed by atoms with Crippen LogP contribution < -0.4 is 5.32 Å². The Labute approximate surface area is 169 Å². The van der Waals surface area contributed by atoms with Crippen molar-refractivity contribution < 1.29 is 4.79 Å². The van der Waals surface area contributed by atoms with E-state index < -0.39 is 0 Å². The second kappa shape index (κ2) is 7.50. The highest BCUT2D eigenvalue weighted by atomic mass is 16.1. The van der Waals surface area contributed by atoms with E-state index in [2.05, 4.69) is 15.5 Å². The van der Waals surface area contributed by atoms with Crippen LogP contribution in [-0.4, -0.2) is 36.5 Å². The van der Waals surface area contributed by atoms with Gasteiger partial charge in [0.15, 0.2) is 0 Å². The van der Waals surface area contributed by atoms with E-state index in [1.807, 2.05) is 75.1 Å². The van der Waals surface area contributed by atoms with Crippen LogP contribution >= 0.6 is 0 Å². The minimum absolute atomic E-state index is 0.0748. The smallest absolute Gasteiger partial charge is 0.252 e. The first-order valence-corrected chi connectivity index (χ1v) is 9.61. The van der Waals surface area contributed by atoms with Gasteiger partial charge in [0.2, 0.25) is 0 Å². The minimum Gasteiger partial charge on any atom is -0.348 e. The first-order valence-electron chi connectivity index (χ1n) is 9.61. The summed E-state index contributed by atoms with van der Waals surface area (Å²) in [5, 5.41) is 12.6. The molecule has 0 aliphatic rings. The molecule has 148 valence electrons. The van der Waals surface area contributed by atoms with Crippen molar-refractivity contribution in [3.8, 4) is 11.3 Å². The predicted octanol–water partition coefficient (Wildman–Crippen LogP) is 3.27. The third kappa shape index (κ3) is 3.89. The molecule has 0 unspecified atom stereocenters. The normalized spacial score (nSPS) is 12.3. The van der Waals surface area contributed by atoms with Gasteiger partial charge in [-0.15, -0.1) is 0 Å². The van der Waals surface area contributed by atoms with Gasteiger partial charge in [-0.2, -0.15) is 10.2 Å². The third-order valence-electron chi connectivity index (χ3n) is 4.89. The molecular formula is C22H24N6O. The molecule has 29 heavy (non-hydrogen) atoms. The summed E-state index contributed by atoms with van der Waals surface area (Å²) in [7, 11) is 1.86. The van der Waals surface area contributed by atoms with Gasteiger partial charge in [-0.3, -0.25) is 14.2 Å². The highest BCUT2D eigenvalue weighted by molar-refractivity contribution is 6.07. The second-order valence-electron chi connectivity index (χ2n) is 7.46. The minimum atomic E-state index is -0.122. The lowest BCUT2D eigenvalue weighted by Crippen LogP contribution is -2.36. The number of aromatic nitrogens is 5. The summed E-state index contributed by atoms with van der Waals surface area (Å²) < 4.78 is 3.65. The van der Waals surface area contributed by atoms with Gasteiger partial charge in [0.1, 0.15) is 0 Å². The summed E-state index contributed by atoms with van der Waals surface area (Å²) in [6, 6.07) is 11.5. The molecule has 0 bridgehead atoms. The van der Waals surface area contributed by atoms with E-state index in [-0.39, 0.29) is 11.9 Å². The van der Waals surface area contributed by atoms with E-state index in [1.165, 1.54) is 0 Å². The van der Waals surface area contributed by atoms with Crippen molar-refractivity contribution >= 4 is 16.8 Å². The number of nitrogens with zero attached hydrogens (tertiary/aromatic N) is 5. The monoisotopic (exact) mass is 388 g/mol. The predicted molar refractivity (Wildman–Crippen MR) is 113 cm³/mol. The van der Waals surface area contributed by atoms with Gasteiger partial charge in [0.25, 0.3) is 5.91 Å². The van der Waals surface area contributed by atoms with Gasteiger partial charge in [-0.1, -0.05) is 18.2 Å². The van der Waals surface area contributed by atoms with E-state index in [9.17, 15) is 4.79 Å². The number of fused-ring (bicyclic) bond motifs is 1. The number of carbonyl (C=O) groups is 1. The number of hydrogen-bond acceptors (Lipinski definition) is 4. The molecule has 1 N–H and O–H groups in total. The van der Waals surface area contributed by atoms with Crippen molar-refractivity contribution in [2.45, 2.75) is 33.4 Å². The molecule has 0 radical (unpaired) electrons. The highest BCUT2D eigenvalue weighted by Crippen LogP contribution is 2.24. The van der Waals surface area contributed by atoms with E-state index in [0.29, 0.717) is 12.1 Å². The Balaban J connectivity index is 1.64. The fourth-order valence-corrected chi connectivity index (χ4v) is 3.53. The molecule has 0 spiro atoms. The number of pyridine rings is 1. The molecule has 4 rings (SSSR count). The molecule has 3 aromatic heterocycles. The lowest BCUT2D eigenvalue weighted by atomic mass is 10.0. The van der Waals surface area contributed by atoms with Gasteiger partial charge in [-0.25, -0.2) is 4.98 Å². The van der Waals surface area contributed by atoms with Crippen molar-refractivity contribution in [3.63, 3.8) is 0 Å². The maximum absolute atomic E-state index is 13.1. The quantitative estimate of drug-likeness (QED) is 0.569. The van der Waals surface area contributed by atoms with Crippen LogP contribution in [-0.2, 0) is 13.6 Å². The number of nitrogens with one attached hydrogen (secondary N) is 1. The number of aryl methyl sites for hydroxylation is 3. The fraction of sp³-hybridized carbons (Fsp3) is 0.273. The standard InChI is InChI=1S/C22H24N6O/c1-14-9-16(3)28(26-14)12-15(2)24-22(29)19-10-21(17-11-23-27(4)13-17)25-20-8-6-5-7-18(19)20/h5-11,13,15H,12H2,1-4H3,(H,24,29)/t15-/m1/s1. The first kappa shape index (κ1) is 18.9. The maximum Gasteiger partial charge on any atom is 0.252 e. The molecule has 0 aliphatic carbocycles. The van der Waals surface area contributed by atoms with Crippen LogP contribution in [0.15, 0.2) is 48.8 Å². The summed E-state index contributed by atoms with van der Waals surface area (Å²) in [5.41, 5.74) is 5.05. The highest BCUT2D eigenvalue weighted by Gasteiger charge is 2.17. The molecule has 7 nitrogen and oxygen atoms in total. The van der Waals surface area contributed by atoms with Crippen LogP contribution in [0.2, 0.25) is 0 Å². The van der Waals surface area contributed by atoms with Gasteiger partial charge in [0.05, 0.1) is 35.2 Å². The Morgan fingerprint density at radius 2 is 2.00 bits per heavy atom. The SMILES string of the molecule is Cc1cc(C)n(C[C@@H](C)NC(=O)c2cc(-c3cnn(C)c3)nc3ccccc23)n1. The average Bonchev–Trinajstić information content (AvgIpc) is 3.25. The Bertz CT molecular complexity index is 1190. The van der Waals surface area contributed by atoms with Crippen molar-refractivity contribution in [2.75, 3.05) is 0 Å². The first-order chi connectivity index (χ1) is 13.9. The Morgan fingerprint density at radius 3 is 2.69 bits per heavy atom. The van der Waals surface area contributed by atoms with Gasteiger partial charge in [-0.05, 0) is 39.0 Å². The number of rotatable bonds is 5. The second-order valence-corrected chi connectivity index (χ2v) is 7.46. The molecule has 3 heterocycles. The number of benzene rings is 1. The Kier molecular flexibility index (Phi) is 4.88. The van der Waals surface area contributed by atoms with E-state index in [0.717, 1.165) is 33.5 Å². The summed E-state index contributed by atoms with van der Waals surface area (Å²) in [4.78, 5) is 17.9. The lowest BCUT2D eigenvalue weighted by molar-refractivity contribution is 0.0937. The molecule has 1 amide bonds. The molecule has 1 aromatic carbocycles. The van der Waals surface area contributed by atoms with Crippen LogP contribution in [0.3, 0.4) is 0 Å². The number of para-hydroxylation sites is 1. The maximum atomic E-state index is 13.1. The lowest BCUT2D eigenvalue weighted by Gasteiger charge is -2.16. The molecule has 7 heteroatoms. The van der Waals surface area contributed by atoms with Crippen molar-refractivity contribution in [1.29, 1.82) is 0 Å². The number of amides is 1. The van der Waals surface area contributed by atoms with Crippen LogP contribution in [0.1, 0.15) is 28.7 Å². The van der Waals surface area contributed by atoms with Gasteiger partial charge >= 0.3 is 0 Å². The molecule has 0 saturated heterocycles. The van der Waals surface area contributed by atoms with E-state index in [1.54, 1.807) is 10.9 Å². The molecule has 4 aromatic rings. The summed E-state index contributed by atoms with van der Waals surface area (Å²) in [5.74, 6) is -0.122. The molecule has 0 aliphatic heterocycles. The number of carbonyl (C=O) groups excluding carboxylic acids is 1. The van der Waals surface area contributed by atoms with Gasteiger partial charge < -0.3 is 5.32 Å². The van der Waals surface area contributed by atoms with E-state index >= 15 is 0 Å². The van der Waals surface area contributed by atoms with Crippen molar-refractivity contribution in [2.24, 2.45) is 7.05 Å². The van der Waals surface area contributed by atoms with Crippen LogP contribution in [0.5, 0.6) is 0 Å². The Hall–Kier alpha value is -3.48. The zero-order valence-electron chi connectivity index (χ0n) is 17.0. The summed E-state index contributed by atoms with van der Waals surface area (Å²) in [6.45, 7) is 6.59. The number of hydrogen-bond donors (Lipinski definition) is 1. The molecular weight excluding hydrogens is 364 g/mol. The molecule has 0 fully saturated rings. The summed E-state index contributed by atoms with van der Waals surface area (Å²) >= 11 is 0. The van der Waals surface area contributed by atoms with Crippen LogP contribution in [0.25, 0.3) is 22.2 Å². The molecule has 1 atom stereocenters. The van der Waals surface area contributed by atoms with E-state index in [4.69, 9.17) is 4.98 Å². The van der Waals surface area contributed by atoms with Crippen molar-refractivity contribution in [3.05, 3.63) is 65.7 Å². The average molecular weight is 388 g/mol. The zero-order chi connectivity index (χ0) is 20.5. The van der Waals surface area contributed by atoms with Crippen molar-refractivity contribution in [1.82, 2.24) is 29.9 Å². The van der Waals surface area contributed by atoms with Gasteiger partial charge in [0, 0.05) is 35.9 Å². The van der Waals surface area contributed by atoms with Crippen LogP contribution in [0, 0.1) is 13.8 Å². The van der Waals surface area contributed by atoms with Crippen LogP contribution in [0.4, 0.5) is 0 Å².